The maximum atomic E-state index is 12.8. The predicted molar refractivity (Wildman–Crippen MR) is 77.4 cm³/mol. The molecule has 0 bridgehead atoms. The largest absolute Gasteiger partial charge is 0.434 e. The van der Waals surface area contributed by atoms with E-state index in [4.69, 9.17) is 5.11 Å². The van der Waals surface area contributed by atoms with Crippen LogP contribution in [0.2, 0.25) is 0 Å². The standard InChI is InChI=1S/C8H7F3O2.C8H5F3O2/c2*9-6-2-1-3-7(5(6)4-12)13-8(10)11/h1-3,8,12H,4H2;1-4,8H. The number of hydrogen-bond acceptors (Lipinski definition) is 4. The van der Waals surface area contributed by atoms with E-state index in [9.17, 15) is 31.1 Å². The third-order valence-corrected chi connectivity index (χ3v) is 2.80. The highest BCUT2D eigenvalue weighted by molar-refractivity contribution is 5.79. The van der Waals surface area contributed by atoms with E-state index in [0.29, 0.717) is 0 Å². The van der Waals surface area contributed by atoms with Crippen LogP contribution in [0.3, 0.4) is 0 Å². The lowest BCUT2D eigenvalue weighted by Gasteiger charge is -2.08. The average Bonchev–Trinajstić information content (AvgIpc) is 2.55. The third-order valence-electron chi connectivity index (χ3n) is 2.80. The quantitative estimate of drug-likeness (QED) is 0.602. The lowest BCUT2D eigenvalue weighted by molar-refractivity contribution is -0.0515. The fourth-order valence-corrected chi connectivity index (χ4v) is 1.73. The number of hydrogen-bond donors (Lipinski definition) is 1. The van der Waals surface area contributed by atoms with Gasteiger partial charge in [0.25, 0.3) is 0 Å². The second-order valence-electron chi connectivity index (χ2n) is 4.40. The molecule has 2 aromatic rings. The van der Waals surface area contributed by atoms with Gasteiger partial charge >= 0.3 is 13.2 Å². The molecule has 0 radical (unpaired) electrons. The highest BCUT2D eigenvalue weighted by atomic mass is 19.3. The van der Waals surface area contributed by atoms with E-state index in [1.807, 2.05) is 0 Å². The monoisotopic (exact) mass is 382 g/mol. The van der Waals surface area contributed by atoms with Gasteiger partial charge in [-0.15, -0.1) is 0 Å². The van der Waals surface area contributed by atoms with Gasteiger partial charge in [0, 0.05) is 0 Å². The Morgan fingerprint density at radius 1 is 0.885 bits per heavy atom. The predicted octanol–water partition coefficient (Wildman–Crippen LogP) is 4.16. The zero-order valence-electron chi connectivity index (χ0n) is 12.8. The second-order valence-corrected chi connectivity index (χ2v) is 4.40. The highest BCUT2D eigenvalue weighted by Crippen LogP contribution is 2.23. The summed E-state index contributed by atoms with van der Waals surface area (Å²) in [6, 6.07) is 6.72. The van der Waals surface area contributed by atoms with E-state index in [1.54, 1.807) is 0 Å². The van der Waals surface area contributed by atoms with Crippen molar-refractivity contribution in [1.29, 1.82) is 0 Å². The number of aliphatic hydroxyl groups is 1. The molecule has 0 fully saturated rings. The number of benzene rings is 2. The van der Waals surface area contributed by atoms with Gasteiger partial charge in [0.05, 0.1) is 17.7 Å². The molecule has 0 aliphatic carbocycles. The number of aliphatic hydroxyl groups excluding tert-OH is 1. The lowest BCUT2D eigenvalue weighted by Crippen LogP contribution is -2.05. The third kappa shape index (κ3) is 6.28. The molecule has 0 unspecified atom stereocenters. The first-order valence-corrected chi connectivity index (χ1v) is 6.81. The topological polar surface area (TPSA) is 55.8 Å². The summed E-state index contributed by atoms with van der Waals surface area (Å²) < 4.78 is 80.4. The van der Waals surface area contributed by atoms with E-state index in [0.717, 1.165) is 18.2 Å². The van der Waals surface area contributed by atoms with E-state index in [1.165, 1.54) is 18.2 Å². The van der Waals surface area contributed by atoms with Crippen LogP contribution in [-0.2, 0) is 6.61 Å². The molecule has 0 aliphatic rings. The van der Waals surface area contributed by atoms with Crippen LogP contribution in [0.15, 0.2) is 36.4 Å². The molecule has 2 aromatic carbocycles. The Balaban J connectivity index is 0.000000260. The van der Waals surface area contributed by atoms with Gasteiger partial charge < -0.3 is 14.6 Å². The Morgan fingerprint density at radius 2 is 1.38 bits per heavy atom. The maximum absolute atomic E-state index is 12.8. The molecule has 0 heterocycles. The summed E-state index contributed by atoms with van der Waals surface area (Å²) in [6.45, 7) is -6.76. The molecular formula is C16H12F6O4. The summed E-state index contributed by atoms with van der Waals surface area (Å²) in [4.78, 5) is 10.3. The van der Waals surface area contributed by atoms with Crippen molar-refractivity contribution in [2.75, 3.05) is 0 Å². The smallest absolute Gasteiger partial charge is 0.387 e. The van der Waals surface area contributed by atoms with Crippen LogP contribution in [0.1, 0.15) is 15.9 Å². The first-order chi connectivity index (χ1) is 12.3. The van der Waals surface area contributed by atoms with Crippen LogP contribution in [0.5, 0.6) is 11.5 Å². The molecule has 0 amide bonds. The SMILES string of the molecule is O=Cc1c(F)cccc1OC(F)F.OCc1c(F)cccc1OC(F)F. The van der Waals surface area contributed by atoms with E-state index in [2.05, 4.69) is 9.47 Å². The molecule has 142 valence electrons. The summed E-state index contributed by atoms with van der Waals surface area (Å²) in [6.07, 6.45) is 0.132. The van der Waals surface area contributed by atoms with Gasteiger partial charge in [-0.1, -0.05) is 12.1 Å². The number of alkyl halides is 4. The number of carbonyl (C=O) groups excluding carboxylic acids is 1. The minimum atomic E-state index is -3.07. The van der Waals surface area contributed by atoms with Crippen molar-refractivity contribution in [1.82, 2.24) is 0 Å². The minimum Gasteiger partial charge on any atom is -0.434 e. The van der Waals surface area contributed by atoms with Gasteiger partial charge in [-0.25, -0.2) is 8.78 Å². The molecule has 26 heavy (non-hydrogen) atoms. The molecule has 1 N–H and O–H groups in total. The molecule has 2 rings (SSSR count). The molecule has 4 nitrogen and oxygen atoms in total. The van der Waals surface area contributed by atoms with Crippen molar-refractivity contribution in [3.63, 3.8) is 0 Å². The number of halogens is 6. The highest BCUT2D eigenvalue weighted by Gasteiger charge is 2.13. The van der Waals surface area contributed by atoms with Crippen molar-refractivity contribution >= 4 is 6.29 Å². The van der Waals surface area contributed by atoms with Gasteiger partial charge in [0.1, 0.15) is 23.1 Å². The molecular weight excluding hydrogens is 370 g/mol. The molecule has 0 aromatic heterocycles. The molecule has 0 atom stereocenters. The van der Waals surface area contributed by atoms with Crippen molar-refractivity contribution in [3.05, 3.63) is 59.2 Å². The number of ether oxygens (including phenoxy) is 2. The van der Waals surface area contributed by atoms with Crippen molar-refractivity contribution in [2.45, 2.75) is 19.8 Å². The summed E-state index contributed by atoms with van der Waals surface area (Å²) in [5.41, 5.74) is -0.759. The van der Waals surface area contributed by atoms with E-state index in [-0.39, 0.29) is 17.6 Å². The molecule has 0 saturated carbocycles. The van der Waals surface area contributed by atoms with Crippen LogP contribution in [0, 0.1) is 11.6 Å². The van der Waals surface area contributed by atoms with Crippen molar-refractivity contribution in [3.8, 4) is 11.5 Å². The zero-order chi connectivity index (χ0) is 19.7. The van der Waals surface area contributed by atoms with Gasteiger partial charge in [0.2, 0.25) is 0 Å². The number of rotatable bonds is 6. The maximum Gasteiger partial charge on any atom is 0.387 e. The Kier molecular flexibility index (Phi) is 8.43. The minimum absolute atomic E-state index is 0.132. The van der Waals surface area contributed by atoms with Crippen molar-refractivity contribution in [2.24, 2.45) is 0 Å². The summed E-state index contributed by atoms with van der Waals surface area (Å²) >= 11 is 0. The van der Waals surface area contributed by atoms with Gasteiger partial charge in [-0.05, 0) is 24.3 Å². The summed E-state index contributed by atoms with van der Waals surface area (Å²) in [5, 5.41) is 8.65. The molecule has 10 heteroatoms. The van der Waals surface area contributed by atoms with Gasteiger partial charge in [0.15, 0.2) is 6.29 Å². The number of aldehydes is 1. The van der Waals surface area contributed by atoms with Crippen LogP contribution in [0.25, 0.3) is 0 Å². The Morgan fingerprint density at radius 3 is 1.88 bits per heavy atom. The molecule has 0 spiro atoms. The Bertz CT molecular complexity index is 724. The molecule has 0 saturated heterocycles. The van der Waals surface area contributed by atoms with E-state index >= 15 is 0 Å². The molecule has 0 aliphatic heterocycles. The number of carbonyl (C=O) groups is 1. The first-order valence-electron chi connectivity index (χ1n) is 6.81. The van der Waals surface area contributed by atoms with Gasteiger partial charge in [-0.2, -0.15) is 17.6 Å². The lowest BCUT2D eigenvalue weighted by atomic mass is 10.2. The second kappa shape index (κ2) is 10.3. The van der Waals surface area contributed by atoms with Crippen molar-refractivity contribution < 1.29 is 45.7 Å². The Hall–Kier alpha value is -2.75. The average molecular weight is 382 g/mol. The normalized spacial score (nSPS) is 10.3. The van der Waals surface area contributed by atoms with Crippen LogP contribution >= 0.6 is 0 Å². The first kappa shape index (κ1) is 21.3. The zero-order valence-corrected chi connectivity index (χ0v) is 12.8. The van der Waals surface area contributed by atoms with Crippen LogP contribution in [0.4, 0.5) is 26.3 Å². The summed E-state index contributed by atoms with van der Waals surface area (Å²) in [5.74, 6) is -2.43. The van der Waals surface area contributed by atoms with Crippen LogP contribution < -0.4 is 9.47 Å². The summed E-state index contributed by atoms with van der Waals surface area (Å²) in [7, 11) is 0. The fraction of sp³-hybridized carbons (Fsp3) is 0.188. The fourth-order valence-electron chi connectivity index (χ4n) is 1.73. The van der Waals surface area contributed by atoms with Crippen LogP contribution in [-0.4, -0.2) is 24.6 Å². The Labute approximate surface area is 143 Å². The van der Waals surface area contributed by atoms with Gasteiger partial charge in [-0.3, -0.25) is 4.79 Å². The van der Waals surface area contributed by atoms with E-state index < -0.39 is 42.8 Å².